The number of rotatable bonds is 4. The Morgan fingerprint density at radius 1 is 0.778 bits per heavy atom. The molecule has 27 heavy (non-hydrogen) atoms. The van der Waals surface area contributed by atoms with Crippen molar-refractivity contribution in [3.05, 3.63) is 82.4 Å². The van der Waals surface area contributed by atoms with Crippen LogP contribution in [0.25, 0.3) is 12.2 Å². The molecule has 1 saturated heterocycles. The number of hydrogen-bond acceptors (Lipinski definition) is 1. The van der Waals surface area contributed by atoms with Gasteiger partial charge in [0.15, 0.2) is 5.78 Å². The first-order chi connectivity index (χ1) is 12.9. The summed E-state index contributed by atoms with van der Waals surface area (Å²) in [4.78, 5) is 13.1. The molecule has 1 aliphatic rings. The number of ketones is 1. The van der Waals surface area contributed by atoms with Gasteiger partial charge in [-0.1, -0.05) is 24.3 Å². The van der Waals surface area contributed by atoms with Crippen molar-refractivity contribution in [2.45, 2.75) is 13.8 Å². The topological polar surface area (TPSA) is 17.1 Å². The van der Waals surface area contributed by atoms with Crippen molar-refractivity contribution in [2.24, 2.45) is 0 Å². The molecule has 2 aromatic rings. The van der Waals surface area contributed by atoms with Crippen molar-refractivity contribution in [2.75, 3.05) is 26.2 Å². The number of piperidine rings is 1. The van der Waals surface area contributed by atoms with Gasteiger partial charge in [-0.25, -0.2) is 8.78 Å². The summed E-state index contributed by atoms with van der Waals surface area (Å²) in [6, 6.07) is 12.3. The van der Waals surface area contributed by atoms with Crippen LogP contribution in [0.4, 0.5) is 8.78 Å². The summed E-state index contributed by atoms with van der Waals surface area (Å²) in [5.74, 6) is -0.577. The Morgan fingerprint density at radius 2 is 1.15 bits per heavy atom. The molecule has 0 spiro atoms. The van der Waals surface area contributed by atoms with E-state index < -0.39 is 0 Å². The van der Waals surface area contributed by atoms with E-state index in [4.69, 9.17) is 0 Å². The van der Waals surface area contributed by atoms with Crippen LogP contribution >= 0.6 is 0 Å². The highest BCUT2D eigenvalue weighted by Crippen LogP contribution is 2.27. The van der Waals surface area contributed by atoms with Crippen molar-refractivity contribution in [3.63, 3.8) is 0 Å². The average molecular weight is 368 g/mol. The second-order valence-electron chi connectivity index (χ2n) is 7.06. The van der Waals surface area contributed by atoms with E-state index in [1.54, 1.807) is 24.3 Å². The lowest BCUT2D eigenvalue weighted by Crippen LogP contribution is -2.54. The number of halogens is 2. The van der Waals surface area contributed by atoms with Gasteiger partial charge in [0.1, 0.15) is 24.7 Å². The number of hydrogen-bond donors (Lipinski definition) is 0. The Kier molecular flexibility index (Phi) is 5.66. The van der Waals surface area contributed by atoms with Gasteiger partial charge in [-0.3, -0.25) is 4.79 Å². The van der Waals surface area contributed by atoms with Crippen molar-refractivity contribution in [1.82, 2.24) is 0 Å². The number of carbonyl (C=O) groups excluding carboxylic acids is 1. The van der Waals surface area contributed by atoms with Crippen LogP contribution in [-0.2, 0) is 4.79 Å². The van der Waals surface area contributed by atoms with Crippen LogP contribution in [0.1, 0.15) is 25.0 Å². The van der Waals surface area contributed by atoms with Gasteiger partial charge in [0, 0.05) is 0 Å². The van der Waals surface area contributed by atoms with Gasteiger partial charge in [0.05, 0.1) is 24.2 Å². The molecule has 0 aromatic heterocycles. The van der Waals surface area contributed by atoms with Crippen LogP contribution in [0, 0.1) is 11.6 Å². The van der Waals surface area contributed by atoms with Crippen molar-refractivity contribution in [1.29, 1.82) is 0 Å². The third kappa shape index (κ3) is 4.40. The molecule has 0 radical (unpaired) electrons. The van der Waals surface area contributed by atoms with E-state index in [1.807, 2.05) is 12.2 Å². The fourth-order valence-corrected chi connectivity index (χ4v) is 3.54. The first-order valence-corrected chi connectivity index (χ1v) is 9.27. The first-order valence-electron chi connectivity index (χ1n) is 9.27. The smallest absolute Gasteiger partial charge is 0.196 e. The van der Waals surface area contributed by atoms with Gasteiger partial charge in [-0.05, 0) is 61.4 Å². The molecule has 0 atom stereocenters. The lowest BCUT2D eigenvalue weighted by atomic mass is 9.92. The lowest BCUT2D eigenvalue weighted by Gasteiger charge is -2.41. The van der Waals surface area contributed by atoms with Crippen LogP contribution in [0.2, 0.25) is 0 Å². The van der Waals surface area contributed by atoms with Crippen LogP contribution in [0.5, 0.6) is 0 Å². The molecule has 0 saturated carbocycles. The molecule has 4 heteroatoms. The number of Topliss-reactive ketones (excluding diaryl/α,β-unsaturated/α-hetero) is 1. The van der Waals surface area contributed by atoms with Gasteiger partial charge >= 0.3 is 0 Å². The van der Waals surface area contributed by atoms with Crippen LogP contribution < -0.4 is 0 Å². The highest BCUT2D eigenvalue weighted by molar-refractivity contribution is 6.14. The minimum atomic E-state index is -0.295. The second-order valence-corrected chi connectivity index (χ2v) is 7.06. The Morgan fingerprint density at radius 3 is 1.48 bits per heavy atom. The molecular weight excluding hydrogens is 344 g/mol. The minimum absolute atomic E-state index is 0.0132. The maximum atomic E-state index is 13.2. The molecule has 0 aliphatic carbocycles. The predicted molar refractivity (Wildman–Crippen MR) is 105 cm³/mol. The second kappa shape index (κ2) is 7.97. The summed E-state index contributed by atoms with van der Waals surface area (Å²) < 4.78 is 27.1. The number of likely N-dealkylation sites (tertiary alicyclic amines) is 1. The highest BCUT2D eigenvalue weighted by Gasteiger charge is 2.36. The summed E-state index contributed by atoms with van der Waals surface area (Å²) in [6.45, 7) is 7.39. The number of likely N-dealkylation sites (N-methyl/N-ethyl adjacent to an activating group) is 1. The zero-order valence-corrected chi connectivity index (χ0v) is 15.7. The maximum Gasteiger partial charge on any atom is 0.196 e. The van der Waals surface area contributed by atoms with Gasteiger partial charge in [0.2, 0.25) is 0 Å². The lowest BCUT2D eigenvalue weighted by molar-refractivity contribution is -0.916. The zero-order chi connectivity index (χ0) is 19.4. The maximum absolute atomic E-state index is 13.2. The molecule has 1 heterocycles. The number of benzene rings is 2. The number of quaternary nitrogens is 1. The molecule has 0 amide bonds. The van der Waals surface area contributed by atoms with Gasteiger partial charge < -0.3 is 4.48 Å². The summed E-state index contributed by atoms with van der Waals surface area (Å²) in [5.41, 5.74) is 3.08. The van der Waals surface area contributed by atoms with Crippen molar-refractivity contribution < 1.29 is 18.1 Å². The zero-order valence-electron chi connectivity index (χ0n) is 15.7. The van der Waals surface area contributed by atoms with E-state index in [2.05, 4.69) is 13.8 Å². The molecule has 0 unspecified atom stereocenters. The van der Waals surface area contributed by atoms with Crippen LogP contribution in [-0.4, -0.2) is 36.4 Å². The van der Waals surface area contributed by atoms with E-state index >= 15 is 0 Å². The van der Waals surface area contributed by atoms with Crippen LogP contribution in [0.3, 0.4) is 0 Å². The number of nitrogens with zero attached hydrogens (tertiary/aromatic N) is 1. The van der Waals surface area contributed by atoms with E-state index in [1.165, 1.54) is 24.3 Å². The van der Waals surface area contributed by atoms with E-state index in [-0.39, 0.29) is 17.4 Å². The molecule has 140 valence electrons. The molecule has 2 nitrogen and oxygen atoms in total. The minimum Gasteiger partial charge on any atom is -0.316 e. The highest BCUT2D eigenvalue weighted by atomic mass is 19.1. The fourth-order valence-electron chi connectivity index (χ4n) is 3.54. The standard InChI is InChI=1S/C23H24F2NO/c1-3-26(4-2)15-19(13-17-5-9-21(24)10-6-17)23(27)20(16-26)14-18-7-11-22(25)12-8-18/h5-14H,3-4,15-16H2,1-2H3/q+1/b19-13+,20-14+. The molecular formula is C23H24F2NO+. The summed E-state index contributed by atoms with van der Waals surface area (Å²) in [6.07, 6.45) is 3.72. The quantitative estimate of drug-likeness (QED) is 0.556. The molecule has 1 fully saturated rings. The van der Waals surface area contributed by atoms with Crippen molar-refractivity contribution >= 4 is 17.9 Å². The van der Waals surface area contributed by atoms with Gasteiger partial charge in [0.25, 0.3) is 0 Å². The molecule has 0 bridgehead atoms. The van der Waals surface area contributed by atoms with Crippen molar-refractivity contribution in [3.8, 4) is 0 Å². The van der Waals surface area contributed by atoms with E-state index in [0.29, 0.717) is 13.1 Å². The Balaban J connectivity index is 2.01. The Bertz CT molecular complexity index is 806. The summed E-state index contributed by atoms with van der Waals surface area (Å²) >= 11 is 0. The SMILES string of the molecule is CC[N+]1(CC)C/C(=C\c2ccc(F)cc2)C(=O)/C(=C/c2ccc(F)cc2)C1. The molecule has 2 aromatic carbocycles. The normalized spacial score (nSPS) is 19.6. The number of carbonyl (C=O) groups is 1. The largest absolute Gasteiger partial charge is 0.316 e. The first kappa shape index (κ1) is 19.2. The van der Waals surface area contributed by atoms with Crippen LogP contribution in [0.15, 0.2) is 59.7 Å². The van der Waals surface area contributed by atoms with E-state index in [0.717, 1.165) is 39.8 Å². The third-order valence-electron chi connectivity index (χ3n) is 5.36. The molecule has 3 rings (SSSR count). The van der Waals surface area contributed by atoms with Gasteiger partial charge in [-0.15, -0.1) is 0 Å². The van der Waals surface area contributed by atoms with Gasteiger partial charge in [-0.2, -0.15) is 0 Å². The summed E-state index contributed by atoms with van der Waals surface area (Å²) in [7, 11) is 0. The van der Waals surface area contributed by atoms with E-state index in [9.17, 15) is 13.6 Å². The average Bonchev–Trinajstić information content (AvgIpc) is 2.68. The Hall–Kier alpha value is -2.59. The Labute approximate surface area is 159 Å². The third-order valence-corrected chi connectivity index (χ3v) is 5.36. The predicted octanol–water partition coefficient (Wildman–Crippen LogP) is 4.87. The molecule has 1 aliphatic heterocycles. The monoisotopic (exact) mass is 368 g/mol. The molecule has 0 N–H and O–H groups in total. The fraction of sp³-hybridized carbons (Fsp3) is 0.261. The summed E-state index contributed by atoms with van der Waals surface area (Å²) in [5, 5.41) is 0.